The molecule has 3 rings (SSSR count). The summed E-state index contributed by atoms with van der Waals surface area (Å²) in [6.07, 6.45) is 2.15. The molecule has 1 aliphatic heterocycles. The highest BCUT2D eigenvalue weighted by Crippen LogP contribution is 2.32. The van der Waals surface area contributed by atoms with Crippen LogP contribution in [0.3, 0.4) is 0 Å². The zero-order valence-electron chi connectivity index (χ0n) is 14.3. The molecule has 1 N–H and O–H groups in total. The number of para-hydroxylation sites is 1. The number of ether oxygens (including phenoxy) is 1. The van der Waals surface area contributed by atoms with Crippen LogP contribution in [0.1, 0.15) is 30.0 Å². The Hall–Kier alpha value is -2.49. The molecule has 1 unspecified atom stereocenters. The van der Waals surface area contributed by atoms with Gasteiger partial charge in [-0.1, -0.05) is 30.3 Å². The van der Waals surface area contributed by atoms with Crippen molar-refractivity contribution in [2.24, 2.45) is 0 Å². The zero-order valence-corrected chi connectivity index (χ0v) is 14.3. The van der Waals surface area contributed by atoms with E-state index in [0.717, 1.165) is 30.7 Å². The van der Waals surface area contributed by atoms with Crippen LogP contribution in [0, 0.1) is 0 Å². The van der Waals surface area contributed by atoms with E-state index in [2.05, 4.69) is 29.4 Å². The summed E-state index contributed by atoms with van der Waals surface area (Å²) in [7, 11) is 3.75. The number of rotatable bonds is 5. The summed E-state index contributed by atoms with van der Waals surface area (Å²) < 4.78 is 5.23. The number of hydrogen-bond acceptors (Lipinski definition) is 3. The molecule has 0 saturated heterocycles. The van der Waals surface area contributed by atoms with E-state index >= 15 is 0 Å². The maximum Gasteiger partial charge on any atom is 0.220 e. The van der Waals surface area contributed by atoms with Crippen LogP contribution >= 0.6 is 0 Å². The summed E-state index contributed by atoms with van der Waals surface area (Å²) in [6, 6.07) is 16.3. The highest BCUT2D eigenvalue weighted by atomic mass is 16.5. The van der Waals surface area contributed by atoms with E-state index in [-0.39, 0.29) is 11.9 Å². The molecule has 4 heteroatoms. The smallest absolute Gasteiger partial charge is 0.220 e. The Balaban J connectivity index is 1.60. The molecule has 0 bridgehead atoms. The van der Waals surface area contributed by atoms with Crippen molar-refractivity contribution in [2.45, 2.75) is 25.3 Å². The second kappa shape index (κ2) is 7.39. The fourth-order valence-electron chi connectivity index (χ4n) is 3.23. The second-order valence-corrected chi connectivity index (χ2v) is 6.24. The molecule has 0 spiro atoms. The minimum atomic E-state index is 0.0992. The summed E-state index contributed by atoms with van der Waals surface area (Å²) in [5.41, 5.74) is 3.54. The molecule has 0 fully saturated rings. The zero-order chi connectivity index (χ0) is 16.9. The van der Waals surface area contributed by atoms with E-state index < -0.39 is 0 Å². The van der Waals surface area contributed by atoms with Crippen molar-refractivity contribution in [1.29, 1.82) is 0 Å². The summed E-state index contributed by atoms with van der Waals surface area (Å²) >= 11 is 0. The monoisotopic (exact) mass is 324 g/mol. The van der Waals surface area contributed by atoms with Crippen molar-refractivity contribution in [3.8, 4) is 5.75 Å². The van der Waals surface area contributed by atoms with Gasteiger partial charge >= 0.3 is 0 Å². The van der Waals surface area contributed by atoms with Crippen LogP contribution < -0.4 is 15.0 Å². The predicted molar refractivity (Wildman–Crippen MR) is 96.5 cm³/mol. The summed E-state index contributed by atoms with van der Waals surface area (Å²) in [4.78, 5) is 14.6. The van der Waals surface area contributed by atoms with Crippen LogP contribution in [0.2, 0.25) is 0 Å². The maximum absolute atomic E-state index is 12.4. The molecule has 24 heavy (non-hydrogen) atoms. The molecule has 1 amide bonds. The maximum atomic E-state index is 12.4. The number of aryl methyl sites for hydroxylation is 1. The number of fused-ring (bicyclic) bond motifs is 1. The number of amides is 1. The Morgan fingerprint density at radius 3 is 2.92 bits per heavy atom. The van der Waals surface area contributed by atoms with Gasteiger partial charge in [-0.3, -0.25) is 4.79 Å². The van der Waals surface area contributed by atoms with E-state index in [1.165, 1.54) is 11.3 Å². The Bertz CT molecular complexity index is 714. The van der Waals surface area contributed by atoms with Gasteiger partial charge in [-0.25, -0.2) is 0 Å². The largest absolute Gasteiger partial charge is 0.497 e. The highest BCUT2D eigenvalue weighted by molar-refractivity contribution is 5.77. The number of benzene rings is 2. The lowest BCUT2D eigenvalue weighted by molar-refractivity contribution is -0.121. The lowest BCUT2D eigenvalue weighted by Crippen LogP contribution is -2.36. The van der Waals surface area contributed by atoms with Crippen molar-refractivity contribution >= 4 is 11.6 Å². The predicted octanol–water partition coefficient (Wildman–Crippen LogP) is 3.33. The van der Waals surface area contributed by atoms with E-state index in [9.17, 15) is 4.79 Å². The minimum Gasteiger partial charge on any atom is -0.497 e. The average Bonchev–Trinajstić information content (AvgIpc) is 2.63. The van der Waals surface area contributed by atoms with Gasteiger partial charge in [-0.2, -0.15) is 0 Å². The SMILES string of the molecule is COc1cccc(CCC(=O)NC2CCN(C)c3ccccc32)c1. The van der Waals surface area contributed by atoms with Crippen LogP contribution in [-0.4, -0.2) is 26.6 Å². The van der Waals surface area contributed by atoms with Gasteiger partial charge in [0.1, 0.15) is 5.75 Å². The van der Waals surface area contributed by atoms with Crippen molar-refractivity contribution in [2.75, 3.05) is 25.6 Å². The molecular weight excluding hydrogens is 300 g/mol. The van der Waals surface area contributed by atoms with Gasteiger partial charge in [0.25, 0.3) is 0 Å². The first-order valence-electron chi connectivity index (χ1n) is 8.39. The van der Waals surface area contributed by atoms with E-state index in [0.29, 0.717) is 6.42 Å². The molecule has 2 aromatic rings. The van der Waals surface area contributed by atoms with Crippen LogP contribution in [0.15, 0.2) is 48.5 Å². The van der Waals surface area contributed by atoms with Gasteiger partial charge in [0.2, 0.25) is 5.91 Å². The average molecular weight is 324 g/mol. The van der Waals surface area contributed by atoms with Crippen molar-refractivity contribution in [1.82, 2.24) is 5.32 Å². The van der Waals surface area contributed by atoms with Crippen LogP contribution in [-0.2, 0) is 11.2 Å². The van der Waals surface area contributed by atoms with Gasteiger partial charge in [-0.05, 0) is 42.2 Å². The van der Waals surface area contributed by atoms with Crippen LogP contribution in [0.25, 0.3) is 0 Å². The third-order valence-corrected chi connectivity index (χ3v) is 4.59. The standard InChI is InChI=1S/C20H24N2O2/c1-22-13-12-18(17-8-3-4-9-19(17)22)21-20(23)11-10-15-6-5-7-16(14-15)24-2/h3-9,14,18H,10-13H2,1-2H3,(H,21,23). The third-order valence-electron chi connectivity index (χ3n) is 4.59. The Morgan fingerprint density at radius 1 is 1.25 bits per heavy atom. The Labute approximate surface area is 143 Å². The van der Waals surface area contributed by atoms with Crippen molar-refractivity contribution in [3.05, 3.63) is 59.7 Å². The molecule has 2 aromatic carbocycles. The van der Waals surface area contributed by atoms with E-state index in [1.807, 2.05) is 36.4 Å². The number of methoxy groups -OCH3 is 1. The molecule has 4 nitrogen and oxygen atoms in total. The van der Waals surface area contributed by atoms with Gasteiger partial charge in [-0.15, -0.1) is 0 Å². The molecule has 0 radical (unpaired) electrons. The lowest BCUT2D eigenvalue weighted by atomic mass is 9.96. The number of hydrogen-bond donors (Lipinski definition) is 1. The molecule has 0 aromatic heterocycles. The van der Waals surface area contributed by atoms with Crippen molar-refractivity contribution in [3.63, 3.8) is 0 Å². The number of anilines is 1. The van der Waals surface area contributed by atoms with E-state index in [4.69, 9.17) is 4.74 Å². The molecule has 0 saturated carbocycles. The quantitative estimate of drug-likeness (QED) is 0.917. The van der Waals surface area contributed by atoms with Crippen LogP contribution in [0.4, 0.5) is 5.69 Å². The second-order valence-electron chi connectivity index (χ2n) is 6.24. The molecular formula is C20H24N2O2. The van der Waals surface area contributed by atoms with Gasteiger partial charge < -0.3 is 15.0 Å². The summed E-state index contributed by atoms with van der Waals surface area (Å²) in [5, 5.41) is 3.20. The molecule has 126 valence electrons. The fraction of sp³-hybridized carbons (Fsp3) is 0.350. The number of carbonyl (C=O) groups is 1. The Kier molecular flexibility index (Phi) is 5.04. The number of carbonyl (C=O) groups excluding carboxylic acids is 1. The fourth-order valence-corrected chi connectivity index (χ4v) is 3.23. The summed E-state index contributed by atoms with van der Waals surface area (Å²) in [5.74, 6) is 0.930. The third kappa shape index (κ3) is 3.70. The van der Waals surface area contributed by atoms with E-state index in [1.54, 1.807) is 7.11 Å². The topological polar surface area (TPSA) is 41.6 Å². The van der Waals surface area contributed by atoms with Gasteiger partial charge in [0.15, 0.2) is 0 Å². The lowest BCUT2D eigenvalue weighted by Gasteiger charge is -2.33. The van der Waals surface area contributed by atoms with Crippen molar-refractivity contribution < 1.29 is 9.53 Å². The highest BCUT2D eigenvalue weighted by Gasteiger charge is 2.23. The first-order valence-corrected chi connectivity index (χ1v) is 8.39. The first kappa shape index (κ1) is 16.4. The molecule has 1 aliphatic rings. The van der Waals surface area contributed by atoms with Crippen LogP contribution in [0.5, 0.6) is 5.75 Å². The number of nitrogens with one attached hydrogen (secondary N) is 1. The number of nitrogens with zero attached hydrogens (tertiary/aromatic N) is 1. The molecule has 1 atom stereocenters. The Morgan fingerprint density at radius 2 is 2.08 bits per heavy atom. The van der Waals surface area contributed by atoms with Gasteiger partial charge in [0.05, 0.1) is 13.2 Å². The molecule has 1 heterocycles. The minimum absolute atomic E-state index is 0.0992. The van der Waals surface area contributed by atoms with Gasteiger partial charge in [0, 0.05) is 25.7 Å². The molecule has 0 aliphatic carbocycles. The summed E-state index contributed by atoms with van der Waals surface area (Å²) in [6.45, 7) is 0.956. The first-order chi connectivity index (χ1) is 11.7. The normalized spacial score (nSPS) is 16.4.